The molecule has 73 heavy (non-hydrogen) atoms. The first-order valence-electron chi connectivity index (χ1n) is 25.7. The predicted molar refractivity (Wildman–Crippen MR) is 273 cm³/mol. The average molecular weight is 1030 g/mol. The van der Waals surface area contributed by atoms with Crippen LogP contribution < -0.4 is 59.3 Å². The van der Waals surface area contributed by atoms with Crippen molar-refractivity contribution in [2.45, 2.75) is 181 Å². The number of likely N-dealkylation sites (tertiary alicyclic amines) is 1. The molecule has 0 aromatic heterocycles. The normalized spacial score (nSPS) is 19.4. The largest absolute Gasteiger partial charge is 0.391 e. The third kappa shape index (κ3) is 21.0. The standard InChI is InChI=1S/C49H85N13O11/c1-11-16-33(42(67)60-39(28(8)12-2)46(71)57-34(17-14-21-53-49(50)51)48(73)62-22-15-18-36(62)44(69)52-13-3)56-47(72)40(29(9)63)61-43(68)35(23-26(4)5)58-45(70)38(27(6)7)59-37(65)25-54-41(66)31-19-20-32(24-31)55-30(10)64/h19-20,26-29,31-36,38-40,63H,11-18,21-25H2,1-10H3,(H,52,69)(H,54,66)(H,55,64)(H,56,72)(H,57,71)(H,58,70)(H,59,65)(H,60,67)(H,61,68)(H4,50,51,53)/t28-,29+,31-,32+,33-,34-,35+,36-,38-,39-,40-/m0/s1. The van der Waals surface area contributed by atoms with E-state index < -0.39 is 120 Å². The summed E-state index contributed by atoms with van der Waals surface area (Å²) in [4.78, 5) is 140. The van der Waals surface area contributed by atoms with Gasteiger partial charge in [-0.2, -0.15) is 0 Å². The van der Waals surface area contributed by atoms with E-state index in [0.717, 1.165) is 0 Å². The molecule has 24 nitrogen and oxygen atoms in total. The summed E-state index contributed by atoms with van der Waals surface area (Å²) in [5.41, 5.74) is 11.0. The van der Waals surface area contributed by atoms with Crippen molar-refractivity contribution in [1.82, 2.24) is 52.8 Å². The Hall–Kier alpha value is -6.33. The van der Waals surface area contributed by atoms with E-state index in [2.05, 4.69) is 52.8 Å². The summed E-state index contributed by atoms with van der Waals surface area (Å²) in [5.74, 6) is -7.82. The van der Waals surface area contributed by atoms with Crippen molar-refractivity contribution < 1.29 is 53.1 Å². The van der Waals surface area contributed by atoms with Crippen molar-refractivity contribution in [3.8, 4) is 0 Å². The summed E-state index contributed by atoms with van der Waals surface area (Å²) in [6, 6.07) is -8.59. The SMILES string of the molecule is CCC[C@H](NC(=O)[C@@H](NC(=O)[C@@H](CC(C)C)NC(=O)[C@@H](NC(=O)CNC(=O)[C@H]1C=C[C@@H](NC(C)=O)C1)C(C)C)[C@@H](C)O)C(=O)N[C@H](C(=O)N[C@@H](CCCN=C(N)N)C(=O)N1CCC[C@H]1C(=O)NCC)[C@@H](C)CC. The third-order valence-electron chi connectivity index (χ3n) is 12.7. The molecule has 0 bridgehead atoms. The van der Waals surface area contributed by atoms with Gasteiger partial charge in [0.1, 0.15) is 42.3 Å². The lowest BCUT2D eigenvalue weighted by atomic mass is 9.96. The zero-order valence-electron chi connectivity index (χ0n) is 44.4. The van der Waals surface area contributed by atoms with Gasteiger partial charge in [0.2, 0.25) is 59.1 Å². The Morgan fingerprint density at radius 1 is 0.712 bits per heavy atom. The molecule has 2 rings (SSSR count). The minimum Gasteiger partial charge on any atom is -0.391 e. The van der Waals surface area contributed by atoms with Gasteiger partial charge in [-0.3, -0.25) is 52.9 Å². The number of carbonyl (C=O) groups is 10. The van der Waals surface area contributed by atoms with Gasteiger partial charge in [-0.15, -0.1) is 0 Å². The van der Waals surface area contributed by atoms with Crippen LogP contribution in [-0.2, 0) is 47.9 Å². The maximum absolute atomic E-state index is 14.2. The van der Waals surface area contributed by atoms with E-state index in [9.17, 15) is 53.1 Å². The Bertz CT molecular complexity index is 1980. The van der Waals surface area contributed by atoms with Crippen molar-refractivity contribution in [3.05, 3.63) is 12.2 Å². The minimum absolute atomic E-state index is 0.0870. The molecular weight excluding hydrogens is 947 g/mol. The lowest BCUT2D eigenvalue weighted by molar-refractivity contribution is -0.142. The van der Waals surface area contributed by atoms with Crippen molar-refractivity contribution in [1.29, 1.82) is 0 Å². The highest BCUT2D eigenvalue weighted by Crippen LogP contribution is 2.21. The van der Waals surface area contributed by atoms with Crippen molar-refractivity contribution in [2.24, 2.45) is 40.1 Å². The number of nitrogens with zero attached hydrogens (tertiary/aromatic N) is 2. The zero-order chi connectivity index (χ0) is 55.1. The molecule has 10 amide bonds. The minimum atomic E-state index is -1.62. The van der Waals surface area contributed by atoms with Gasteiger partial charge in [-0.1, -0.05) is 73.5 Å². The molecule has 11 atom stereocenters. The van der Waals surface area contributed by atoms with E-state index in [0.29, 0.717) is 51.6 Å². The van der Waals surface area contributed by atoms with E-state index >= 15 is 0 Å². The van der Waals surface area contributed by atoms with E-state index in [1.54, 1.807) is 60.6 Å². The molecule has 0 aromatic rings. The van der Waals surface area contributed by atoms with Crippen LogP contribution in [0.2, 0.25) is 0 Å². The molecule has 412 valence electrons. The molecule has 1 saturated heterocycles. The monoisotopic (exact) mass is 1030 g/mol. The molecule has 0 saturated carbocycles. The van der Waals surface area contributed by atoms with Crippen LogP contribution in [0.1, 0.15) is 127 Å². The number of hydrogen-bond acceptors (Lipinski definition) is 12. The van der Waals surface area contributed by atoms with Gasteiger partial charge in [0.15, 0.2) is 5.96 Å². The van der Waals surface area contributed by atoms with Gasteiger partial charge in [0.25, 0.3) is 0 Å². The Balaban J connectivity index is 2.24. The fourth-order valence-corrected chi connectivity index (χ4v) is 8.54. The van der Waals surface area contributed by atoms with Gasteiger partial charge in [-0.25, -0.2) is 0 Å². The van der Waals surface area contributed by atoms with E-state index in [4.69, 9.17) is 11.5 Å². The molecule has 0 unspecified atom stereocenters. The summed E-state index contributed by atoms with van der Waals surface area (Å²) in [7, 11) is 0. The van der Waals surface area contributed by atoms with Crippen LogP contribution in [0, 0.1) is 23.7 Å². The first-order chi connectivity index (χ1) is 34.3. The van der Waals surface area contributed by atoms with Crippen LogP contribution in [0.25, 0.3) is 0 Å². The maximum atomic E-state index is 14.2. The number of likely N-dealkylation sites (N-methyl/N-ethyl adjacent to an activating group) is 1. The highest BCUT2D eigenvalue weighted by Gasteiger charge is 2.40. The molecule has 1 aliphatic heterocycles. The number of rotatable bonds is 30. The highest BCUT2D eigenvalue weighted by molar-refractivity contribution is 5.98. The van der Waals surface area contributed by atoms with Gasteiger partial charge in [-0.05, 0) is 76.5 Å². The lowest BCUT2D eigenvalue weighted by Crippen LogP contribution is -2.62. The molecule has 14 N–H and O–H groups in total. The summed E-state index contributed by atoms with van der Waals surface area (Å²) in [5, 5.41) is 34.9. The van der Waals surface area contributed by atoms with Gasteiger partial charge < -0.3 is 69.3 Å². The first-order valence-corrected chi connectivity index (χ1v) is 25.7. The average Bonchev–Trinajstić information content (AvgIpc) is 4.01. The predicted octanol–water partition coefficient (Wildman–Crippen LogP) is -1.80. The van der Waals surface area contributed by atoms with Crippen LogP contribution >= 0.6 is 0 Å². The topological polar surface area (TPSA) is 367 Å². The molecule has 0 aromatic carbocycles. The second-order valence-electron chi connectivity index (χ2n) is 19.8. The number of aliphatic hydroxyl groups excluding tert-OH is 1. The van der Waals surface area contributed by atoms with E-state index in [1.807, 2.05) is 6.92 Å². The summed E-state index contributed by atoms with van der Waals surface area (Å²) < 4.78 is 0. The summed E-state index contributed by atoms with van der Waals surface area (Å²) in [6.45, 7) is 17.1. The maximum Gasteiger partial charge on any atom is 0.245 e. The van der Waals surface area contributed by atoms with Crippen LogP contribution in [-0.4, -0.2) is 156 Å². The van der Waals surface area contributed by atoms with E-state index in [-0.39, 0.29) is 55.5 Å². The number of nitrogens with one attached hydrogen (secondary N) is 9. The lowest BCUT2D eigenvalue weighted by Gasteiger charge is -2.31. The molecule has 1 fully saturated rings. The molecule has 1 aliphatic carbocycles. The molecular formula is C49H85N13O11. The van der Waals surface area contributed by atoms with E-state index in [1.165, 1.54) is 18.7 Å². The quantitative estimate of drug-likeness (QED) is 0.0164. The molecule has 0 radical (unpaired) electrons. The molecule has 1 heterocycles. The fraction of sp³-hybridized carbons (Fsp3) is 0.735. The van der Waals surface area contributed by atoms with Gasteiger partial charge >= 0.3 is 0 Å². The second kappa shape index (κ2) is 31.3. The van der Waals surface area contributed by atoms with Crippen LogP contribution in [0.3, 0.4) is 0 Å². The Morgan fingerprint density at radius 2 is 1.32 bits per heavy atom. The van der Waals surface area contributed by atoms with Crippen molar-refractivity contribution in [3.63, 3.8) is 0 Å². The summed E-state index contributed by atoms with van der Waals surface area (Å²) in [6.07, 6.45) is 4.61. The Morgan fingerprint density at radius 3 is 1.89 bits per heavy atom. The number of carbonyl (C=O) groups excluding carboxylic acids is 10. The number of nitrogens with two attached hydrogens (primary N) is 2. The van der Waals surface area contributed by atoms with Crippen LogP contribution in [0.15, 0.2) is 17.1 Å². The fourth-order valence-electron chi connectivity index (χ4n) is 8.54. The molecule has 24 heteroatoms. The van der Waals surface area contributed by atoms with Crippen LogP contribution in [0.4, 0.5) is 0 Å². The second-order valence-corrected chi connectivity index (χ2v) is 19.8. The number of amides is 10. The Kier molecular flexibility index (Phi) is 26.9. The highest BCUT2D eigenvalue weighted by atomic mass is 16.3. The van der Waals surface area contributed by atoms with Crippen molar-refractivity contribution >= 4 is 65.0 Å². The van der Waals surface area contributed by atoms with Gasteiger partial charge in [0, 0.05) is 32.6 Å². The smallest absolute Gasteiger partial charge is 0.245 e. The zero-order valence-corrected chi connectivity index (χ0v) is 44.4. The first kappa shape index (κ1) is 62.8. The van der Waals surface area contributed by atoms with Crippen LogP contribution in [0.5, 0.6) is 0 Å². The van der Waals surface area contributed by atoms with Gasteiger partial charge in [0.05, 0.1) is 18.6 Å². The third-order valence-corrected chi connectivity index (χ3v) is 12.7. The molecule has 2 aliphatic rings. The Labute approximate surface area is 429 Å². The number of hydrogen-bond donors (Lipinski definition) is 12. The number of aliphatic hydroxyl groups is 1. The van der Waals surface area contributed by atoms with Crippen molar-refractivity contribution in [2.75, 3.05) is 26.2 Å². The summed E-state index contributed by atoms with van der Waals surface area (Å²) >= 11 is 0. The number of aliphatic imine (C=N–C) groups is 1. The number of guanidine groups is 1. The molecule has 0 spiro atoms.